The monoisotopic (exact) mass is 178 g/mol. The second kappa shape index (κ2) is 3.26. The van der Waals surface area contributed by atoms with Gasteiger partial charge in [0, 0.05) is 18.4 Å². The van der Waals surface area contributed by atoms with Crippen molar-refractivity contribution in [3.05, 3.63) is 24.3 Å². The Labute approximate surface area is 78.1 Å². The topological polar surface area (TPSA) is 38.5 Å². The van der Waals surface area contributed by atoms with E-state index >= 15 is 0 Å². The molecule has 2 N–H and O–H groups in total. The smallest absolute Gasteiger partial charge is 0.0754 e. The molecule has 0 bridgehead atoms. The summed E-state index contributed by atoms with van der Waals surface area (Å²) >= 11 is 0. The molecule has 0 saturated carbocycles. The molecule has 0 atom stereocenters. The maximum atomic E-state index is 5.70. The molecule has 0 radical (unpaired) electrons. The zero-order valence-corrected chi connectivity index (χ0v) is 7.73. The Balaban J connectivity index is 2.14. The first-order chi connectivity index (χ1) is 6.27. The van der Waals surface area contributed by atoms with Crippen molar-refractivity contribution in [2.75, 3.05) is 30.9 Å². The van der Waals surface area contributed by atoms with Gasteiger partial charge in [0.05, 0.1) is 19.3 Å². The molecule has 0 amide bonds. The highest BCUT2D eigenvalue weighted by molar-refractivity contribution is 5.56. The second-order valence-corrected chi connectivity index (χ2v) is 3.40. The number of nitrogens with two attached hydrogens (primary N) is 1. The number of anilines is 2. The zero-order chi connectivity index (χ0) is 9.26. The molecular weight excluding hydrogens is 164 g/mol. The summed E-state index contributed by atoms with van der Waals surface area (Å²) in [5.41, 5.74) is 7.67. The van der Waals surface area contributed by atoms with Gasteiger partial charge in [-0.05, 0) is 18.2 Å². The first kappa shape index (κ1) is 8.38. The van der Waals surface area contributed by atoms with E-state index in [0.717, 1.165) is 24.6 Å². The largest absolute Gasteiger partial charge is 0.399 e. The average molecular weight is 178 g/mol. The van der Waals surface area contributed by atoms with Crippen LogP contribution in [0.15, 0.2) is 24.3 Å². The number of hydrogen-bond acceptors (Lipinski definition) is 3. The van der Waals surface area contributed by atoms with E-state index in [1.807, 2.05) is 18.2 Å². The third-order valence-corrected chi connectivity index (χ3v) is 2.45. The Morgan fingerprint density at radius 2 is 2.23 bits per heavy atom. The van der Waals surface area contributed by atoms with Crippen molar-refractivity contribution >= 4 is 11.4 Å². The second-order valence-electron chi connectivity index (χ2n) is 3.40. The lowest BCUT2D eigenvalue weighted by atomic mass is 10.2. The van der Waals surface area contributed by atoms with Gasteiger partial charge in [-0.2, -0.15) is 0 Å². The fraction of sp³-hybridized carbons (Fsp3) is 0.400. The van der Waals surface area contributed by atoms with Crippen LogP contribution in [0.5, 0.6) is 0 Å². The van der Waals surface area contributed by atoms with Crippen LogP contribution in [0.4, 0.5) is 11.4 Å². The fourth-order valence-corrected chi connectivity index (χ4v) is 1.40. The van der Waals surface area contributed by atoms with Crippen molar-refractivity contribution in [2.24, 2.45) is 0 Å². The molecule has 1 aliphatic heterocycles. The van der Waals surface area contributed by atoms with Crippen LogP contribution in [0.1, 0.15) is 0 Å². The van der Waals surface area contributed by atoms with Gasteiger partial charge in [0.25, 0.3) is 0 Å². The lowest BCUT2D eigenvalue weighted by Crippen LogP contribution is -2.47. The number of likely N-dealkylation sites (N-methyl/N-ethyl adjacent to an activating group) is 1. The summed E-state index contributed by atoms with van der Waals surface area (Å²) in [5.74, 6) is 0. The Morgan fingerprint density at radius 3 is 2.77 bits per heavy atom. The fourth-order valence-electron chi connectivity index (χ4n) is 1.40. The summed E-state index contributed by atoms with van der Waals surface area (Å²) in [6, 6.07) is 8.43. The predicted octanol–water partition coefficient (Wildman–Crippen LogP) is 1.10. The normalized spacial score (nSPS) is 16.7. The molecule has 1 saturated heterocycles. The lowest BCUT2D eigenvalue weighted by Gasteiger charge is -2.36. The van der Waals surface area contributed by atoms with Gasteiger partial charge in [-0.25, -0.2) is 0 Å². The highest BCUT2D eigenvalue weighted by Crippen LogP contribution is 2.20. The van der Waals surface area contributed by atoms with Crippen molar-refractivity contribution < 1.29 is 4.74 Å². The van der Waals surface area contributed by atoms with E-state index in [1.165, 1.54) is 0 Å². The van der Waals surface area contributed by atoms with E-state index in [0.29, 0.717) is 6.04 Å². The van der Waals surface area contributed by atoms with Gasteiger partial charge in [-0.15, -0.1) is 0 Å². The minimum atomic E-state index is 0.516. The van der Waals surface area contributed by atoms with Crippen LogP contribution in [0, 0.1) is 0 Å². The summed E-state index contributed by atoms with van der Waals surface area (Å²) in [4.78, 5) is 2.21. The van der Waals surface area contributed by atoms with Crippen LogP contribution in [0.3, 0.4) is 0 Å². The maximum absolute atomic E-state index is 5.70. The molecule has 70 valence electrons. The molecule has 0 aromatic heterocycles. The number of rotatable bonds is 2. The number of benzene rings is 1. The molecule has 1 fully saturated rings. The van der Waals surface area contributed by atoms with Gasteiger partial charge in [0.15, 0.2) is 0 Å². The summed E-state index contributed by atoms with van der Waals surface area (Å²) in [5, 5.41) is 0. The Kier molecular flexibility index (Phi) is 2.10. The number of nitrogen functional groups attached to an aromatic ring is 1. The van der Waals surface area contributed by atoms with E-state index in [9.17, 15) is 0 Å². The zero-order valence-electron chi connectivity index (χ0n) is 7.73. The van der Waals surface area contributed by atoms with Crippen molar-refractivity contribution in [1.82, 2.24) is 0 Å². The summed E-state index contributed by atoms with van der Waals surface area (Å²) in [6.45, 7) is 1.65. The predicted molar refractivity (Wildman–Crippen MR) is 53.9 cm³/mol. The van der Waals surface area contributed by atoms with E-state index < -0.39 is 0 Å². The molecule has 0 spiro atoms. The van der Waals surface area contributed by atoms with Gasteiger partial charge in [0.2, 0.25) is 0 Å². The van der Waals surface area contributed by atoms with Crippen molar-refractivity contribution in [3.63, 3.8) is 0 Å². The van der Waals surface area contributed by atoms with E-state index in [-0.39, 0.29) is 0 Å². The standard InChI is InChI=1S/C10H14N2O/c1-12(10-6-13-7-10)9-4-2-3-8(11)5-9/h2-5,10H,6-7,11H2,1H3. The van der Waals surface area contributed by atoms with Crippen LogP contribution in [0.25, 0.3) is 0 Å². The van der Waals surface area contributed by atoms with Gasteiger partial charge in [-0.3, -0.25) is 0 Å². The van der Waals surface area contributed by atoms with Crippen molar-refractivity contribution in [1.29, 1.82) is 0 Å². The van der Waals surface area contributed by atoms with E-state index in [4.69, 9.17) is 10.5 Å². The average Bonchev–Trinajstić information content (AvgIpc) is 2.01. The van der Waals surface area contributed by atoms with Crippen LogP contribution in [-0.4, -0.2) is 26.3 Å². The molecule has 3 nitrogen and oxygen atoms in total. The van der Waals surface area contributed by atoms with E-state index in [2.05, 4.69) is 18.0 Å². The highest BCUT2D eigenvalue weighted by atomic mass is 16.5. The maximum Gasteiger partial charge on any atom is 0.0754 e. The first-order valence-electron chi connectivity index (χ1n) is 4.43. The molecule has 0 aliphatic carbocycles. The van der Waals surface area contributed by atoms with Crippen molar-refractivity contribution in [2.45, 2.75) is 6.04 Å². The van der Waals surface area contributed by atoms with Gasteiger partial charge in [-0.1, -0.05) is 6.07 Å². The van der Waals surface area contributed by atoms with Crippen molar-refractivity contribution in [3.8, 4) is 0 Å². The SMILES string of the molecule is CN(c1cccc(N)c1)C1COC1. The highest BCUT2D eigenvalue weighted by Gasteiger charge is 2.23. The van der Waals surface area contributed by atoms with E-state index in [1.54, 1.807) is 0 Å². The van der Waals surface area contributed by atoms with Gasteiger partial charge in [0.1, 0.15) is 0 Å². The van der Waals surface area contributed by atoms with Crippen LogP contribution < -0.4 is 10.6 Å². The van der Waals surface area contributed by atoms with Crippen LogP contribution in [0.2, 0.25) is 0 Å². The molecule has 13 heavy (non-hydrogen) atoms. The van der Waals surface area contributed by atoms with Crippen LogP contribution >= 0.6 is 0 Å². The summed E-state index contributed by atoms with van der Waals surface area (Å²) < 4.78 is 5.13. The third-order valence-electron chi connectivity index (χ3n) is 2.45. The minimum Gasteiger partial charge on any atom is -0.399 e. The first-order valence-corrected chi connectivity index (χ1v) is 4.43. The molecule has 1 heterocycles. The Hall–Kier alpha value is -1.22. The van der Waals surface area contributed by atoms with Gasteiger partial charge < -0.3 is 15.4 Å². The number of nitrogens with zero attached hydrogens (tertiary/aromatic N) is 1. The Bertz CT molecular complexity index is 297. The molecule has 2 rings (SSSR count). The molecule has 1 aromatic rings. The van der Waals surface area contributed by atoms with Crippen LogP contribution in [-0.2, 0) is 4.74 Å². The molecule has 3 heteroatoms. The minimum absolute atomic E-state index is 0.516. The summed E-state index contributed by atoms with van der Waals surface area (Å²) in [7, 11) is 2.07. The summed E-state index contributed by atoms with van der Waals surface area (Å²) in [6.07, 6.45) is 0. The molecular formula is C10H14N2O. The molecule has 1 aromatic carbocycles. The quantitative estimate of drug-likeness (QED) is 0.689. The van der Waals surface area contributed by atoms with Gasteiger partial charge >= 0.3 is 0 Å². The molecule has 0 unspecified atom stereocenters. The lowest BCUT2D eigenvalue weighted by molar-refractivity contribution is 0.0101. The number of hydrogen-bond donors (Lipinski definition) is 1. The third kappa shape index (κ3) is 1.60. The number of ether oxygens (including phenoxy) is 1. The molecule has 1 aliphatic rings. The Morgan fingerprint density at radius 1 is 1.46 bits per heavy atom.